The van der Waals surface area contributed by atoms with Crippen LogP contribution < -0.4 is 20.3 Å². The van der Waals surface area contributed by atoms with E-state index in [1.54, 1.807) is 67.6 Å². The van der Waals surface area contributed by atoms with E-state index in [9.17, 15) is 14.4 Å². The number of anilines is 3. The molecule has 0 spiro atoms. The van der Waals surface area contributed by atoms with Crippen LogP contribution in [0.5, 0.6) is 5.75 Å². The number of benzene rings is 3. The van der Waals surface area contributed by atoms with Crippen LogP contribution >= 0.6 is 0 Å². The second-order valence-corrected chi connectivity index (χ2v) is 7.07. The molecule has 0 aliphatic carbocycles. The minimum absolute atomic E-state index is 0.0975. The Balaban J connectivity index is 1.53. The van der Waals surface area contributed by atoms with E-state index < -0.39 is 6.10 Å². The standard InChI is InChI=1S/C24H21N3O4/c1-16(24(30)27-15-22(28)26-19-12-6-7-13-20(19)27)31-21-14-8-5-11-18(21)23(29)25-17-9-3-2-4-10-17/h2-14,16H,15H2,1H3,(H,25,29)(H,26,28)/t16-/m1/s1. The van der Waals surface area contributed by atoms with Crippen molar-refractivity contribution in [3.63, 3.8) is 0 Å². The molecule has 7 nitrogen and oxygen atoms in total. The summed E-state index contributed by atoms with van der Waals surface area (Å²) < 4.78 is 5.89. The summed E-state index contributed by atoms with van der Waals surface area (Å²) in [4.78, 5) is 39.3. The van der Waals surface area contributed by atoms with Gasteiger partial charge in [-0.25, -0.2) is 0 Å². The summed E-state index contributed by atoms with van der Waals surface area (Å²) in [6.45, 7) is 1.50. The topological polar surface area (TPSA) is 87.7 Å². The summed E-state index contributed by atoms with van der Waals surface area (Å²) in [5.41, 5.74) is 2.14. The second-order valence-electron chi connectivity index (χ2n) is 7.07. The Morgan fingerprint density at radius 2 is 1.65 bits per heavy atom. The first-order valence-electron chi connectivity index (χ1n) is 9.85. The number of hydrogen-bond donors (Lipinski definition) is 2. The van der Waals surface area contributed by atoms with E-state index in [-0.39, 0.29) is 30.0 Å². The van der Waals surface area contributed by atoms with E-state index in [0.717, 1.165) is 0 Å². The molecule has 1 heterocycles. The molecule has 0 fully saturated rings. The number of hydrogen-bond acceptors (Lipinski definition) is 4. The molecular formula is C24H21N3O4. The highest BCUT2D eigenvalue weighted by molar-refractivity contribution is 6.11. The average Bonchev–Trinajstić information content (AvgIpc) is 2.79. The molecule has 0 unspecified atom stereocenters. The smallest absolute Gasteiger partial charge is 0.268 e. The number of para-hydroxylation sites is 4. The highest BCUT2D eigenvalue weighted by Gasteiger charge is 2.31. The molecule has 156 valence electrons. The SMILES string of the molecule is C[C@@H](Oc1ccccc1C(=O)Nc1ccccc1)C(=O)N1CC(=O)Nc2ccccc21. The van der Waals surface area contributed by atoms with Crippen LogP contribution in [0.1, 0.15) is 17.3 Å². The maximum atomic E-state index is 13.1. The van der Waals surface area contributed by atoms with Crippen molar-refractivity contribution >= 4 is 34.8 Å². The predicted molar refractivity (Wildman–Crippen MR) is 118 cm³/mol. The molecular weight excluding hydrogens is 394 g/mol. The first-order valence-corrected chi connectivity index (χ1v) is 9.85. The van der Waals surface area contributed by atoms with Crippen molar-refractivity contribution in [3.8, 4) is 5.75 Å². The van der Waals surface area contributed by atoms with Gasteiger partial charge in [0.2, 0.25) is 5.91 Å². The molecule has 0 bridgehead atoms. The Morgan fingerprint density at radius 1 is 0.968 bits per heavy atom. The lowest BCUT2D eigenvalue weighted by Gasteiger charge is -2.31. The van der Waals surface area contributed by atoms with Gasteiger partial charge in [-0.2, -0.15) is 0 Å². The number of carbonyl (C=O) groups excluding carboxylic acids is 3. The fourth-order valence-electron chi connectivity index (χ4n) is 3.37. The molecule has 31 heavy (non-hydrogen) atoms. The lowest BCUT2D eigenvalue weighted by Crippen LogP contribution is -2.47. The summed E-state index contributed by atoms with van der Waals surface area (Å²) in [6, 6.07) is 22.9. The van der Waals surface area contributed by atoms with Gasteiger partial charge in [0.1, 0.15) is 12.3 Å². The average molecular weight is 415 g/mol. The summed E-state index contributed by atoms with van der Waals surface area (Å²) in [5, 5.41) is 5.57. The third-order valence-electron chi connectivity index (χ3n) is 4.85. The summed E-state index contributed by atoms with van der Waals surface area (Å²) in [6.07, 6.45) is -0.912. The van der Waals surface area contributed by atoms with Crippen molar-refractivity contribution in [3.05, 3.63) is 84.4 Å². The molecule has 1 aliphatic rings. The molecule has 0 saturated carbocycles. The summed E-state index contributed by atoms with van der Waals surface area (Å²) in [5.74, 6) is -0.710. The third kappa shape index (κ3) is 4.40. The molecule has 3 amide bonds. The van der Waals surface area contributed by atoms with Gasteiger partial charge in [-0.1, -0.05) is 42.5 Å². The van der Waals surface area contributed by atoms with Crippen molar-refractivity contribution < 1.29 is 19.1 Å². The molecule has 7 heteroatoms. The van der Waals surface area contributed by atoms with E-state index in [2.05, 4.69) is 10.6 Å². The quantitative estimate of drug-likeness (QED) is 0.665. The van der Waals surface area contributed by atoms with E-state index in [1.807, 2.05) is 18.2 Å². The van der Waals surface area contributed by atoms with Gasteiger partial charge in [0.25, 0.3) is 11.8 Å². The van der Waals surface area contributed by atoms with Crippen LogP contribution in [0.4, 0.5) is 17.1 Å². The largest absolute Gasteiger partial charge is 0.480 e. The van der Waals surface area contributed by atoms with Crippen LogP contribution in [-0.4, -0.2) is 30.4 Å². The number of rotatable bonds is 5. The zero-order valence-electron chi connectivity index (χ0n) is 16.9. The van der Waals surface area contributed by atoms with Crippen LogP contribution in [0, 0.1) is 0 Å². The summed E-state index contributed by atoms with van der Waals surface area (Å²) >= 11 is 0. The van der Waals surface area contributed by atoms with Gasteiger partial charge in [-0.3, -0.25) is 19.3 Å². The normalized spacial score (nSPS) is 13.6. The van der Waals surface area contributed by atoms with E-state index in [0.29, 0.717) is 22.6 Å². The fourth-order valence-corrected chi connectivity index (χ4v) is 3.37. The highest BCUT2D eigenvalue weighted by atomic mass is 16.5. The minimum atomic E-state index is -0.912. The first kappa shape index (κ1) is 20.2. The van der Waals surface area contributed by atoms with Crippen LogP contribution in [-0.2, 0) is 9.59 Å². The lowest BCUT2D eigenvalue weighted by molar-refractivity contribution is -0.126. The summed E-state index contributed by atoms with van der Waals surface area (Å²) in [7, 11) is 0. The van der Waals surface area contributed by atoms with Gasteiger partial charge < -0.3 is 15.4 Å². The Bertz CT molecular complexity index is 1130. The molecule has 0 radical (unpaired) electrons. The van der Waals surface area contributed by atoms with Gasteiger partial charge in [0.05, 0.1) is 16.9 Å². The monoisotopic (exact) mass is 415 g/mol. The second kappa shape index (κ2) is 8.71. The number of nitrogens with zero attached hydrogens (tertiary/aromatic N) is 1. The Kier molecular flexibility index (Phi) is 5.66. The molecule has 1 aliphatic heterocycles. The highest BCUT2D eigenvalue weighted by Crippen LogP contribution is 2.30. The van der Waals surface area contributed by atoms with E-state index in [4.69, 9.17) is 4.74 Å². The lowest BCUT2D eigenvalue weighted by atomic mass is 10.1. The Morgan fingerprint density at radius 3 is 2.45 bits per heavy atom. The number of nitrogens with one attached hydrogen (secondary N) is 2. The van der Waals surface area contributed by atoms with Crippen molar-refractivity contribution in [2.24, 2.45) is 0 Å². The number of fused-ring (bicyclic) bond motifs is 1. The van der Waals surface area contributed by atoms with Gasteiger partial charge in [-0.05, 0) is 43.3 Å². The number of carbonyl (C=O) groups is 3. The van der Waals surface area contributed by atoms with E-state index in [1.165, 1.54) is 4.90 Å². The van der Waals surface area contributed by atoms with Gasteiger partial charge >= 0.3 is 0 Å². The molecule has 3 aromatic rings. The maximum Gasteiger partial charge on any atom is 0.268 e. The van der Waals surface area contributed by atoms with Crippen LogP contribution in [0.3, 0.4) is 0 Å². The van der Waals surface area contributed by atoms with Crippen LogP contribution in [0.2, 0.25) is 0 Å². The van der Waals surface area contributed by atoms with Crippen molar-refractivity contribution in [2.75, 3.05) is 22.1 Å². The molecule has 3 aromatic carbocycles. The van der Waals surface area contributed by atoms with Crippen LogP contribution in [0.15, 0.2) is 78.9 Å². The predicted octanol–water partition coefficient (Wildman–Crippen LogP) is 3.69. The molecule has 0 aromatic heterocycles. The minimum Gasteiger partial charge on any atom is -0.480 e. The fraction of sp³-hybridized carbons (Fsp3) is 0.125. The van der Waals surface area contributed by atoms with E-state index >= 15 is 0 Å². The number of ether oxygens (including phenoxy) is 1. The van der Waals surface area contributed by atoms with Gasteiger partial charge in [-0.15, -0.1) is 0 Å². The first-order chi connectivity index (χ1) is 15.0. The Hall–Kier alpha value is -4.13. The Labute approximate surface area is 179 Å². The molecule has 4 rings (SSSR count). The van der Waals surface area contributed by atoms with Gasteiger partial charge in [0.15, 0.2) is 6.10 Å². The maximum absolute atomic E-state index is 13.1. The van der Waals surface area contributed by atoms with Gasteiger partial charge in [0, 0.05) is 5.69 Å². The zero-order valence-corrected chi connectivity index (χ0v) is 16.9. The third-order valence-corrected chi connectivity index (χ3v) is 4.85. The number of amides is 3. The van der Waals surface area contributed by atoms with Crippen molar-refractivity contribution in [1.82, 2.24) is 0 Å². The molecule has 0 saturated heterocycles. The van der Waals surface area contributed by atoms with Crippen molar-refractivity contribution in [1.29, 1.82) is 0 Å². The molecule has 2 N–H and O–H groups in total. The van der Waals surface area contributed by atoms with Crippen molar-refractivity contribution in [2.45, 2.75) is 13.0 Å². The zero-order chi connectivity index (χ0) is 21.8. The molecule has 1 atom stereocenters. The van der Waals surface area contributed by atoms with Crippen LogP contribution in [0.25, 0.3) is 0 Å².